The molecule has 0 fully saturated rings. The molecular weight excluding hydrogens is 247 g/mol. The lowest BCUT2D eigenvalue weighted by atomic mass is 10.2. The van der Waals surface area contributed by atoms with Crippen LogP contribution in [0.4, 0.5) is 10.1 Å². The van der Waals surface area contributed by atoms with Crippen LogP contribution in [-0.4, -0.2) is 7.11 Å². The summed E-state index contributed by atoms with van der Waals surface area (Å²) in [5, 5.41) is 8.64. The summed E-state index contributed by atoms with van der Waals surface area (Å²) in [6.07, 6.45) is 0. The molecule has 0 heterocycles. The van der Waals surface area contributed by atoms with E-state index in [9.17, 15) is 4.39 Å². The molecule has 0 aliphatic carbocycles. The zero-order valence-electron chi connectivity index (χ0n) is 10.2. The molecule has 0 atom stereocenters. The van der Waals surface area contributed by atoms with E-state index in [1.807, 2.05) is 0 Å². The summed E-state index contributed by atoms with van der Waals surface area (Å²) in [6.45, 7) is 0. The number of hydrogen-bond acceptors (Lipinski definition) is 4. The first-order valence-corrected chi connectivity index (χ1v) is 5.45. The topological polar surface area (TPSA) is 68.3 Å². The molecule has 0 aliphatic heterocycles. The minimum absolute atomic E-state index is 0.0361. The summed E-state index contributed by atoms with van der Waals surface area (Å²) in [7, 11) is 1.52. The fourth-order valence-electron chi connectivity index (χ4n) is 1.51. The van der Waals surface area contributed by atoms with Crippen LogP contribution < -0.4 is 15.2 Å². The number of anilines is 1. The molecule has 5 heteroatoms. The normalized spacial score (nSPS) is 9.74. The van der Waals surface area contributed by atoms with Crippen LogP contribution in [0.25, 0.3) is 0 Å². The molecule has 4 nitrogen and oxygen atoms in total. The van der Waals surface area contributed by atoms with Gasteiger partial charge in [-0.1, -0.05) is 0 Å². The van der Waals surface area contributed by atoms with Gasteiger partial charge in [-0.25, -0.2) is 4.39 Å². The first-order chi connectivity index (χ1) is 9.13. The summed E-state index contributed by atoms with van der Waals surface area (Å²) >= 11 is 0. The van der Waals surface area contributed by atoms with Crippen LogP contribution in [0.3, 0.4) is 0 Å². The minimum atomic E-state index is -0.638. The van der Waals surface area contributed by atoms with Gasteiger partial charge in [0.25, 0.3) is 0 Å². The summed E-state index contributed by atoms with van der Waals surface area (Å²) in [6, 6.07) is 10.7. The van der Waals surface area contributed by atoms with Crippen molar-refractivity contribution >= 4 is 5.69 Å². The lowest BCUT2D eigenvalue weighted by Gasteiger charge is -2.10. The zero-order chi connectivity index (χ0) is 13.8. The molecule has 0 amide bonds. The van der Waals surface area contributed by atoms with E-state index in [4.69, 9.17) is 20.5 Å². The fraction of sp³-hybridized carbons (Fsp3) is 0.0714. The number of nitrogens with two attached hydrogens (primary N) is 1. The highest BCUT2D eigenvalue weighted by atomic mass is 19.1. The van der Waals surface area contributed by atoms with Crippen LogP contribution in [0.15, 0.2) is 36.4 Å². The largest absolute Gasteiger partial charge is 0.497 e. The SMILES string of the molecule is COc1ccc(N)c(Oc2ccc(C#N)c(F)c2)c1. The van der Waals surface area contributed by atoms with Crippen molar-refractivity contribution in [2.24, 2.45) is 0 Å². The number of methoxy groups -OCH3 is 1. The van der Waals surface area contributed by atoms with Crippen LogP contribution in [0.2, 0.25) is 0 Å². The predicted molar refractivity (Wildman–Crippen MR) is 68.6 cm³/mol. The smallest absolute Gasteiger partial charge is 0.153 e. The van der Waals surface area contributed by atoms with Crippen molar-refractivity contribution in [2.75, 3.05) is 12.8 Å². The summed E-state index contributed by atoms with van der Waals surface area (Å²) in [4.78, 5) is 0. The molecule has 96 valence electrons. The molecule has 2 rings (SSSR count). The minimum Gasteiger partial charge on any atom is -0.497 e. The summed E-state index contributed by atoms with van der Waals surface area (Å²) in [5.41, 5.74) is 6.13. The van der Waals surface area contributed by atoms with Gasteiger partial charge in [0.2, 0.25) is 0 Å². The highest BCUT2D eigenvalue weighted by molar-refractivity contribution is 5.57. The molecule has 2 N–H and O–H groups in total. The molecule has 19 heavy (non-hydrogen) atoms. The van der Waals surface area contributed by atoms with Crippen molar-refractivity contribution in [2.45, 2.75) is 0 Å². The van der Waals surface area contributed by atoms with E-state index in [0.717, 1.165) is 6.07 Å². The number of hydrogen-bond donors (Lipinski definition) is 1. The Morgan fingerprint density at radius 3 is 2.53 bits per heavy atom. The molecule has 0 saturated heterocycles. The maximum absolute atomic E-state index is 13.4. The van der Waals surface area contributed by atoms with Gasteiger partial charge in [-0.2, -0.15) is 5.26 Å². The van der Waals surface area contributed by atoms with Gasteiger partial charge in [0.05, 0.1) is 18.4 Å². The maximum Gasteiger partial charge on any atom is 0.153 e. The van der Waals surface area contributed by atoms with E-state index in [2.05, 4.69) is 0 Å². The fourth-order valence-corrected chi connectivity index (χ4v) is 1.51. The highest BCUT2D eigenvalue weighted by Gasteiger charge is 2.07. The van der Waals surface area contributed by atoms with Gasteiger partial charge in [-0.3, -0.25) is 0 Å². The number of benzene rings is 2. The molecule has 0 aliphatic rings. The van der Waals surface area contributed by atoms with E-state index in [1.165, 1.54) is 19.2 Å². The van der Waals surface area contributed by atoms with Crippen molar-refractivity contribution < 1.29 is 13.9 Å². The van der Waals surface area contributed by atoms with Gasteiger partial charge in [0, 0.05) is 12.1 Å². The van der Waals surface area contributed by atoms with Crippen molar-refractivity contribution in [1.29, 1.82) is 5.26 Å². The molecule has 0 radical (unpaired) electrons. The van der Waals surface area contributed by atoms with E-state index in [0.29, 0.717) is 17.2 Å². The van der Waals surface area contributed by atoms with Crippen LogP contribution in [-0.2, 0) is 0 Å². The second-order valence-corrected chi connectivity index (χ2v) is 3.76. The monoisotopic (exact) mass is 258 g/mol. The molecule has 0 aromatic heterocycles. The standard InChI is InChI=1S/C14H11FN2O2/c1-18-10-4-5-13(17)14(7-10)19-11-3-2-9(8-16)12(15)6-11/h2-7H,17H2,1H3. The van der Waals surface area contributed by atoms with Gasteiger partial charge >= 0.3 is 0 Å². The third-order valence-electron chi connectivity index (χ3n) is 2.51. The van der Waals surface area contributed by atoms with Crippen molar-refractivity contribution in [3.8, 4) is 23.3 Å². The quantitative estimate of drug-likeness (QED) is 0.859. The second kappa shape index (κ2) is 5.27. The summed E-state index contributed by atoms with van der Waals surface area (Å²) < 4.78 is 24.0. The van der Waals surface area contributed by atoms with E-state index < -0.39 is 5.82 Å². The van der Waals surface area contributed by atoms with E-state index >= 15 is 0 Å². The van der Waals surface area contributed by atoms with Gasteiger partial charge < -0.3 is 15.2 Å². The number of halogens is 1. The number of nitrogens with zero attached hydrogens (tertiary/aromatic N) is 1. The number of rotatable bonds is 3. The maximum atomic E-state index is 13.4. The molecule has 2 aromatic carbocycles. The molecular formula is C14H11FN2O2. The van der Waals surface area contributed by atoms with E-state index in [-0.39, 0.29) is 11.3 Å². The predicted octanol–water partition coefficient (Wildman–Crippen LogP) is 3.08. The summed E-state index contributed by atoms with van der Waals surface area (Å²) in [5.74, 6) is 0.569. The van der Waals surface area contributed by atoms with Crippen LogP contribution in [0, 0.1) is 17.1 Å². The molecule has 0 saturated carbocycles. The van der Waals surface area contributed by atoms with Gasteiger partial charge in [-0.15, -0.1) is 0 Å². The van der Waals surface area contributed by atoms with Crippen LogP contribution in [0.1, 0.15) is 5.56 Å². The van der Waals surface area contributed by atoms with E-state index in [1.54, 1.807) is 24.3 Å². The lowest BCUT2D eigenvalue weighted by molar-refractivity contribution is 0.409. The average Bonchev–Trinajstić information content (AvgIpc) is 2.41. The Bertz CT molecular complexity index is 650. The molecule has 2 aromatic rings. The third-order valence-corrected chi connectivity index (χ3v) is 2.51. The van der Waals surface area contributed by atoms with Crippen molar-refractivity contribution in [1.82, 2.24) is 0 Å². The molecule has 0 bridgehead atoms. The van der Waals surface area contributed by atoms with Crippen LogP contribution in [0.5, 0.6) is 17.2 Å². The molecule has 0 unspecified atom stereocenters. The highest BCUT2D eigenvalue weighted by Crippen LogP contribution is 2.31. The second-order valence-electron chi connectivity index (χ2n) is 3.76. The first kappa shape index (κ1) is 12.7. The van der Waals surface area contributed by atoms with Crippen molar-refractivity contribution in [3.05, 3.63) is 47.8 Å². The average molecular weight is 258 g/mol. The Balaban J connectivity index is 2.31. The van der Waals surface area contributed by atoms with Crippen LogP contribution >= 0.6 is 0 Å². The number of nitrogen functional groups attached to an aromatic ring is 1. The Kier molecular flexibility index (Phi) is 3.53. The van der Waals surface area contributed by atoms with Gasteiger partial charge in [0.1, 0.15) is 23.4 Å². The first-order valence-electron chi connectivity index (χ1n) is 5.45. The Morgan fingerprint density at radius 2 is 1.89 bits per heavy atom. The zero-order valence-corrected chi connectivity index (χ0v) is 10.2. The van der Waals surface area contributed by atoms with Crippen molar-refractivity contribution in [3.63, 3.8) is 0 Å². The number of ether oxygens (including phenoxy) is 2. The molecule has 0 spiro atoms. The lowest BCUT2D eigenvalue weighted by Crippen LogP contribution is -1.94. The third kappa shape index (κ3) is 2.75. The number of nitriles is 1. The van der Waals surface area contributed by atoms with Gasteiger partial charge in [-0.05, 0) is 24.3 Å². The Morgan fingerprint density at radius 1 is 1.16 bits per heavy atom. The Labute approximate surface area is 109 Å². The van der Waals surface area contributed by atoms with Gasteiger partial charge in [0.15, 0.2) is 5.75 Å². The Hall–Kier alpha value is -2.74.